The molecule has 0 heterocycles. The topological polar surface area (TPSA) is 29.1 Å². The van der Waals surface area contributed by atoms with Crippen LogP contribution in [0.1, 0.15) is 15.9 Å². The summed E-state index contributed by atoms with van der Waals surface area (Å²) < 4.78 is 0. The van der Waals surface area contributed by atoms with Crippen LogP contribution in [0.2, 0.25) is 5.02 Å². The highest BCUT2D eigenvalue weighted by molar-refractivity contribution is 6.37. The number of carbonyl (C=O) groups is 1. The lowest BCUT2D eigenvalue weighted by Gasteiger charge is -2.08. The van der Waals surface area contributed by atoms with Crippen molar-refractivity contribution in [1.82, 2.24) is 0 Å². The highest BCUT2D eigenvalue weighted by Gasteiger charge is 2.14. The van der Waals surface area contributed by atoms with Gasteiger partial charge < -0.3 is 5.32 Å². The second kappa shape index (κ2) is 5.02. The van der Waals surface area contributed by atoms with Crippen molar-refractivity contribution in [2.75, 3.05) is 12.4 Å². The van der Waals surface area contributed by atoms with Gasteiger partial charge in [-0.2, -0.15) is 0 Å². The SMILES string of the molecule is CNc1cccc(C(=O)c2ccccc2)c1Cl. The van der Waals surface area contributed by atoms with Gasteiger partial charge in [0.25, 0.3) is 0 Å². The summed E-state index contributed by atoms with van der Waals surface area (Å²) in [5.74, 6) is -0.0623. The van der Waals surface area contributed by atoms with Gasteiger partial charge in [-0.15, -0.1) is 0 Å². The Morgan fingerprint density at radius 3 is 2.41 bits per heavy atom. The maximum absolute atomic E-state index is 12.2. The van der Waals surface area contributed by atoms with Gasteiger partial charge in [0, 0.05) is 18.2 Å². The molecule has 2 aromatic rings. The first-order valence-electron chi connectivity index (χ1n) is 5.30. The average molecular weight is 246 g/mol. The van der Waals surface area contributed by atoms with E-state index in [-0.39, 0.29) is 5.78 Å². The van der Waals surface area contributed by atoms with Gasteiger partial charge in [0.15, 0.2) is 5.78 Å². The summed E-state index contributed by atoms with van der Waals surface area (Å²) in [6.45, 7) is 0. The molecule has 0 fully saturated rings. The van der Waals surface area contributed by atoms with Crippen LogP contribution in [0.25, 0.3) is 0 Å². The van der Waals surface area contributed by atoms with Gasteiger partial charge in [-0.1, -0.05) is 48.0 Å². The standard InChI is InChI=1S/C14H12ClNO/c1-16-12-9-5-8-11(13(12)15)14(17)10-6-3-2-4-7-10/h2-9,16H,1H3. The molecule has 3 heteroatoms. The van der Waals surface area contributed by atoms with Crippen molar-refractivity contribution < 1.29 is 4.79 Å². The van der Waals surface area contributed by atoms with E-state index in [2.05, 4.69) is 5.32 Å². The maximum Gasteiger partial charge on any atom is 0.194 e. The van der Waals surface area contributed by atoms with Crippen LogP contribution in [0.3, 0.4) is 0 Å². The molecule has 0 aromatic heterocycles. The third-order valence-corrected chi connectivity index (χ3v) is 2.96. The Morgan fingerprint density at radius 1 is 1.06 bits per heavy atom. The molecule has 0 amide bonds. The van der Waals surface area contributed by atoms with E-state index in [0.29, 0.717) is 16.1 Å². The fraction of sp³-hybridized carbons (Fsp3) is 0.0714. The van der Waals surface area contributed by atoms with Crippen molar-refractivity contribution >= 4 is 23.1 Å². The largest absolute Gasteiger partial charge is 0.387 e. The number of anilines is 1. The highest BCUT2D eigenvalue weighted by atomic mass is 35.5. The molecule has 17 heavy (non-hydrogen) atoms. The van der Waals surface area contributed by atoms with Crippen LogP contribution >= 0.6 is 11.6 Å². The summed E-state index contributed by atoms with van der Waals surface area (Å²) in [4.78, 5) is 12.2. The van der Waals surface area contributed by atoms with E-state index in [4.69, 9.17) is 11.6 Å². The first-order valence-corrected chi connectivity index (χ1v) is 5.68. The van der Waals surface area contributed by atoms with Crippen LogP contribution in [-0.2, 0) is 0 Å². The van der Waals surface area contributed by atoms with Gasteiger partial charge in [-0.25, -0.2) is 0 Å². The van der Waals surface area contributed by atoms with E-state index in [1.807, 2.05) is 30.3 Å². The van der Waals surface area contributed by atoms with Crippen molar-refractivity contribution in [3.63, 3.8) is 0 Å². The first-order chi connectivity index (χ1) is 8.24. The molecule has 0 atom stereocenters. The second-order valence-corrected chi connectivity index (χ2v) is 3.99. The lowest BCUT2D eigenvalue weighted by Crippen LogP contribution is -2.03. The quantitative estimate of drug-likeness (QED) is 0.837. The van der Waals surface area contributed by atoms with Gasteiger partial charge in [0.05, 0.1) is 10.7 Å². The third-order valence-electron chi connectivity index (χ3n) is 2.55. The van der Waals surface area contributed by atoms with Crippen molar-refractivity contribution in [1.29, 1.82) is 0 Å². The fourth-order valence-electron chi connectivity index (χ4n) is 1.65. The molecule has 0 bridgehead atoms. The Morgan fingerprint density at radius 2 is 1.76 bits per heavy atom. The molecule has 0 saturated carbocycles. The molecule has 86 valence electrons. The minimum Gasteiger partial charge on any atom is -0.387 e. The van der Waals surface area contributed by atoms with E-state index >= 15 is 0 Å². The lowest BCUT2D eigenvalue weighted by molar-refractivity contribution is 0.103. The number of ketones is 1. The molecule has 0 aliphatic heterocycles. The monoisotopic (exact) mass is 245 g/mol. The maximum atomic E-state index is 12.2. The number of carbonyl (C=O) groups excluding carboxylic acids is 1. The van der Waals surface area contributed by atoms with Crippen molar-refractivity contribution in [2.24, 2.45) is 0 Å². The van der Waals surface area contributed by atoms with Gasteiger partial charge in [0.2, 0.25) is 0 Å². The van der Waals surface area contributed by atoms with E-state index in [9.17, 15) is 4.79 Å². The van der Waals surface area contributed by atoms with E-state index < -0.39 is 0 Å². The normalized spacial score (nSPS) is 10.0. The Balaban J connectivity index is 2.45. The first kappa shape index (κ1) is 11.7. The van der Waals surface area contributed by atoms with Crippen LogP contribution in [0.15, 0.2) is 48.5 Å². The van der Waals surface area contributed by atoms with E-state index in [0.717, 1.165) is 5.69 Å². The summed E-state index contributed by atoms with van der Waals surface area (Å²) in [6, 6.07) is 14.5. The summed E-state index contributed by atoms with van der Waals surface area (Å²) in [6.07, 6.45) is 0. The summed E-state index contributed by atoms with van der Waals surface area (Å²) in [7, 11) is 1.78. The van der Waals surface area contributed by atoms with Crippen LogP contribution in [0.4, 0.5) is 5.69 Å². The molecule has 0 saturated heterocycles. The molecule has 0 spiro atoms. The molecule has 0 radical (unpaired) electrons. The van der Waals surface area contributed by atoms with E-state index in [1.165, 1.54) is 0 Å². The van der Waals surface area contributed by atoms with Crippen molar-refractivity contribution in [3.05, 3.63) is 64.7 Å². The van der Waals surface area contributed by atoms with Crippen LogP contribution in [0, 0.1) is 0 Å². The molecule has 2 aromatic carbocycles. The second-order valence-electron chi connectivity index (χ2n) is 3.61. The Kier molecular flexibility index (Phi) is 3.45. The zero-order chi connectivity index (χ0) is 12.3. The molecule has 2 nitrogen and oxygen atoms in total. The highest BCUT2D eigenvalue weighted by Crippen LogP contribution is 2.27. The molecule has 1 N–H and O–H groups in total. The van der Waals surface area contributed by atoms with Crippen molar-refractivity contribution in [2.45, 2.75) is 0 Å². The predicted molar refractivity (Wildman–Crippen MR) is 70.9 cm³/mol. The Bertz CT molecular complexity index is 537. The fourth-order valence-corrected chi connectivity index (χ4v) is 1.95. The summed E-state index contributed by atoms with van der Waals surface area (Å²) in [5.41, 5.74) is 1.92. The van der Waals surface area contributed by atoms with Gasteiger partial charge in [-0.3, -0.25) is 4.79 Å². The molecule has 0 aliphatic rings. The molecule has 0 unspecified atom stereocenters. The molecule has 2 rings (SSSR count). The zero-order valence-electron chi connectivity index (χ0n) is 9.41. The zero-order valence-corrected chi connectivity index (χ0v) is 10.2. The number of benzene rings is 2. The minimum atomic E-state index is -0.0623. The number of nitrogens with one attached hydrogen (secondary N) is 1. The summed E-state index contributed by atoms with van der Waals surface area (Å²) >= 11 is 6.17. The number of hydrogen-bond donors (Lipinski definition) is 1. The third kappa shape index (κ3) is 2.32. The molecule has 0 aliphatic carbocycles. The smallest absolute Gasteiger partial charge is 0.194 e. The van der Waals surface area contributed by atoms with Crippen LogP contribution in [-0.4, -0.2) is 12.8 Å². The Hall–Kier alpha value is -1.80. The van der Waals surface area contributed by atoms with Gasteiger partial charge in [-0.05, 0) is 12.1 Å². The number of hydrogen-bond acceptors (Lipinski definition) is 2. The summed E-state index contributed by atoms with van der Waals surface area (Å²) in [5, 5.41) is 3.42. The lowest BCUT2D eigenvalue weighted by atomic mass is 10.0. The van der Waals surface area contributed by atoms with Crippen molar-refractivity contribution in [3.8, 4) is 0 Å². The molecular weight excluding hydrogens is 234 g/mol. The number of rotatable bonds is 3. The molecular formula is C14H12ClNO. The van der Waals surface area contributed by atoms with Gasteiger partial charge in [0.1, 0.15) is 0 Å². The minimum absolute atomic E-state index is 0.0623. The average Bonchev–Trinajstić information content (AvgIpc) is 2.39. The predicted octanol–water partition coefficient (Wildman–Crippen LogP) is 3.61. The van der Waals surface area contributed by atoms with Gasteiger partial charge >= 0.3 is 0 Å². The Labute approximate surface area is 105 Å². The van der Waals surface area contributed by atoms with E-state index in [1.54, 1.807) is 25.2 Å². The van der Waals surface area contributed by atoms with Crippen LogP contribution in [0.5, 0.6) is 0 Å². The number of halogens is 1. The van der Waals surface area contributed by atoms with Crippen LogP contribution < -0.4 is 5.32 Å².